The van der Waals surface area contributed by atoms with Gasteiger partial charge < -0.3 is 15.4 Å². The third-order valence-corrected chi connectivity index (χ3v) is 4.02. The second-order valence-electron chi connectivity index (χ2n) is 5.70. The van der Waals surface area contributed by atoms with Crippen molar-refractivity contribution in [1.82, 2.24) is 10.6 Å². The average Bonchev–Trinajstić information content (AvgIpc) is 2.78. The molecule has 0 spiro atoms. The first-order chi connectivity index (χ1) is 9.16. The van der Waals surface area contributed by atoms with Crippen molar-refractivity contribution in [2.24, 2.45) is 0 Å². The Bertz CT molecular complexity index is 483. The van der Waals surface area contributed by atoms with Gasteiger partial charge in [-0.15, -0.1) is 0 Å². The lowest BCUT2D eigenvalue weighted by Crippen LogP contribution is -2.59. The van der Waals surface area contributed by atoms with E-state index >= 15 is 0 Å². The molecule has 1 heterocycles. The first-order valence-electron chi connectivity index (χ1n) is 6.88. The number of rotatable bonds is 4. The van der Waals surface area contributed by atoms with Gasteiger partial charge in [0.15, 0.2) is 0 Å². The first kappa shape index (κ1) is 12.6. The van der Waals surface area contributed by atoms with E-state index < -0.39 is 0 Å². The molecule has 2 aliphatic rings. The number of carbonyl (C=O) groups is 1. The second-order valence-corrected chi connectivity index (χ2v) is 5.70. The van der Waals surface area contributed by atoms with Crippen LogP contribution < -0.4 is 10.6 Å². The number of fused-ring (bicyclic) bond motifs is 1. The lowest BCUT2D eigenvalue weighted by molar-refractivity contribution is -0.136. The van der Waals surface area contributed by atoms with E-state index in [0.717, 1.165) is 25.9 Å². The van der Waals surface area contributed by atoms with Crippen molar-refractivity contribution in [1.29, 1.82) is 0 Å². The number of ether oxygens (including phenoxy) is 1. The topological polar surface area (TPSA) is 50.4 Å². The molecule has 102 valence electrons. The van der Waals surface area contributed by atoms with Gasteiger partial charge in [-0.3, -0.25) is 4.79 Å². The highest BCUT2D eigenvalue weighted by molar-refractivity contribution is 5.78. The van der Waals surface area contributed by atoms with Gasteiger partial charge in [0.05, 0.1) is 11.6 Å². The standard InChI is InChI=1S/C15H20N2O2/c1-15(9-16-10-15)19-8-14(18)17-13-7-6-11-4-2-3-5-12(11)13/h2-5,13,16H,6-10H2,1H3,(H,17,18). The van der Waals surface area contributed by atoms with Crippen LogP contribution in [0.2, 0.25) is 0 Å². The van der Waals surface area contributed by atoms with E-state index in [-0.39, 0.29) is 24.2 Å². The minimum absolute atomic E-state index is 0.0187. The van der Waals surface area contributed by atoms with E-state index in [2.05, 4.69) is 28.8 Å². The van der Waals surface area contributed by atoms with Crippen LogP contribution in [-0.4, -0.2) is 31.2 Å². The highest BCUT2D eigenvalue weighted by atomic mass is 16.5. The molecule has 0 radical (unpaired) electrons. The molecule has 1 fully saturated rings. The maximum absolute atomic E-state index is 11.9. The fourth-order valence-electron chi connectivity index (χ4n) is 2.76. The Hall–Kier alpha value is -1.39. The smallest absolute Gasteiger partial charge is 0.246 e. The molecule has 1 unspecified atom stereocenters. The average molecular weight is 260 g/mol. The number of hydrogen-bond acceptors (Lipinski definition) is 3. The van der Waals surface area contributed by atoms with E-state index in [1.807, 2.05) is 13.0 Å². The third-order valence-electron chi connectivity index (χ3n) is 4.02. The number of aryl methyl sites for hydroxylation is 1. The minimum Gasteiger partial charge on any atom is -0.363 e. The van der Waals surface area contributed by atoms with Crippen molar-refractivity contribution < 1.29 is 9.53 Å². The van der Waals surface area contributed by atoms with Gasteiger partial charge in [0, 0.05) is 13.1 Å². The first-order valence-corrected chi connectivity index (χ1v) is 6.88. The highest BCUT2D eigenvalue weighted by Gasteiger charge is 2.33. The maximum Gasteiger partial charge on any atom is 0.246 e. The second kappa shape index (κ2) is 4.94. The summed E-state index contributed by atoms with van der Waals surface area (Å²) in [6.07, 6.45) is 2.04. The predicted molar refractivity (Wildman–Crippen MR) is 72.9 cm³/mol. The SMILES string of the molecule is CC1(OCC(=O)NC2CCc3ccccc32)CNC1. The summed E-state index contributed by atoms with van der Waals surface area (Å²) >= 11 is 0. The Kier molecular flexibility index (Phi) is 3.29. The monoisotopic (exact) mass is 260 g/mol. The van der Waals surface area contributed by atoms with Gasteiger partial charge >= 0.3 is 0 Å². The summed E-state index contributed by atoms with van der Waals surface area (Å²) in [5, 5.41) is 6.23. The van der Waals surface area contributed by atoms with Crippen LogP contribution in [0.1, 0.15) is 30.5 Å². The van der Waals surface area contributed by atoms with Crippen LogP contribution in [-0.2, 0) is 16.0 Å². The van der Waals surface area contributed by atoms with Crippen LogP contribution in [0, 0.1) is 0 Å². The molecule has 1 amide bonds. The van der Waals surface area contributed by atoms with E-state index in [4.69, 9.17) is 4.74 Å². The molecule has 4 heteroatoms. The Balaban J connectivity index is 1.53. The van der Waals surface area contributed by atoms with Crippen LogP contribution in [0.25, 0.3) is 0 Å². The van der Waals surface area contributed by atoms with E-state index in [0.29, 0.717) is 0 Å². The van der Waals surface area contributed by atoms with Crippen molar-refractivity contribution >= 4 is 5.91 Å². The van der Waals surface area contributed by atoms with Gasteiger partial charge in [0.1, 0.15) is 6.61 Å². The molecule has 1 atom stereocenters. The Morgan fingerprint density at radius 3 is 3.00 bits per heavy atom. The van der Waals surface area contributed by atoms with Crippen molar-refractivity contribution in [2.45, 2.75) is 31.4 Å². The van der Waals surface area contributed by atoms with Gasteiger partial charge in [-0.05, 0) is 30.9 Å². The Morgan fingerprint density at radius 2 is 2.26 bits per heavy atom. The predicted octanol–water partition coefficient (Wildman–Crippen LogP) is 1.17. The van der Waals surface area contributed by atoms with Gasteiger partial charge in [0.25, 0.3) is 0 Å². The fourth-order valence-corrected chi connectivity index (χ4v) is 2.76. The van der Waals surface area contributed by atoms with E-state index in [1.165, 1.54) is 11.1 Å². The summed E-state index contributed by atoms with van der Waals surface area (Å²) in [6.45, 7) is 3.83. The van der Waals surface area contributed by atoms with Gasteiger partial charge in [0.2, 0.25) is 5.91 Å². The zero-order valence-corrected chi connectivity index (χ0v) is 11.2. The molecule has 1 aromatic rings. The van der Waals surface area contributed by atoms with Crippen molar-refractivity contribution in [3.63, 3.8) is 0 Å². The van der Waals surface area contributed by atoms with Gasteiger partial charge in [-0.25, -0.2) is 0 Å². The fraction of sp³-hybridized carbons (Fsp3) is 0.533. The normalized spacial score (nSPS) is 23.5. The molecular weight excluding hydrogens is 240 g/mol. The molecule has 4 nitrogen and oxygen atoms in total. The highest BCUT2D eigenvalue weighted by Crippen LogP contribution is 2.30. The Morgan fingerprint density at radius 1 is 1.47 bits per heavy atom. The molecule has 3 rings (SSSR count). The van der Waals surface area contributed by atoms with Crippen LogP contribution >= 0.6 is 0 Å². The molecule has 19 heavy (non-hydrogen) atoms. The molecule has 1 aliphatic heterocycles. The van der Waals surface area contributed by atoms with Crippen LogP contribution in [0.5, 0.6) is 0 Å². The van der Waals surface area contributed by atoms with Crippen molar-refractivity contribution in [3.8, 4) is 0 Å². The summed E-state index contributed by atoms with van der Waals surface area (Å²) in [4.78, 5) is 11.9. The molecule has 1 aromatic carbocycles. The molecule has 0 aromatic heterocycles. The zero-order valence-electron chi connectivity index (χ0n) is 11.2. The molecule has 0 saturated carbocycles. The summed E-state index contributed by atoms with van der Waals surface area (Å²) < 4.78 is 5.65. The molecule has 0 bridgehead atoms. The van der Waals surface area contributed by atoms with Crippen LogP contribution in [0.3, 0.4) is 0 Å². The number of nitrogens with one attached hydrogen (secondary N) is 2. The van der Waals surface area contributed by atoms with Gasteiger partial charge in [-0.2, -0.15) is 0 Å². The number of benzene rings is 1. The molecule has 1 saturated heterocycles. The maximum atomic E-state index is 11.9. The lowest BCUT2D eigenvalue weighted by atomic mass is 10.0. The van der Waals surface area contributed by atoms with E-state index in [1.54, 1.807) is 0 Å². The van der Waals surface area contributed by atoms with Crippen LogP contribution in [0.15, 0.2) is 24.3 Å². The lowest BCUT2D eigenvalue weighted by Gasteiger charge is -2.38. The number of carbonyl (C=O) groups excluding carboxylic acids is 1. The zero-order chi connectivity index (χ0) is 13.3. The van der Waals surface area contributed by atoms with Crippen LogP contribution in [0.4, 0.5) is 0 Å². The van der Waals surface area contributed by atoms with E-state index in [9.17, 15) is 4.79 Å². The summed E-state index contributed by atoms with van der Waals surface area (Å²) in [5.74, 6) is -0.0187. The summed E-state index contributed by atoms with van der Waals surface area (Å²) in [5.41, 5.74) is 2.45. The third kappa shape index (κ3) is 2.65. The summed E-state index contributed by atoms with van der Waals surface area (Å²) in [6, 6.07) is 8.47. The molecule has 2 N–H and O–H groups in total. The van der Waals surface area contributed by atoms with Crippen molar-refractivity contribution in [3.05, 3.63) is 35.4 Å². The number of hydrogen-bond donors (Lipinski definition) is 2. The summed E-state index contributed by atoms with van der Waals surface area (Å²) in [7, 11) is 0. The molecular formula is C15H20N2O2. The number of amides is 1. The van der Waals surface area contributed by atoms with Crippen molar-refractivity contribution in [2.75, 3.05) is 19.7 Å². The van der Waals surface area contributed by atoms with Gasteiger partial charge in [-0.1, -0.05) is 24.3 Å². The Labute approximate surface area is 113 Å². The quantitative estimate of drug-likeness (QED) is 0.854. The largest absolute Gasteiger partial charge is 0.363 e. The molecule has 1 aliphatic carbocycles. The minimum atomic E-state index is -0.162.